The number of carbonyl (C=O) groups excluding carboxylic acids is 3. The van der Waals surface area contributed by atoms with Gasteiger partial charge in [0.1, 0.15) is 0 Å². The number of nitrogens with two attached hydrogens (primary N) is 1. The zero-order chi connectivity index (χ0) is 11.8. The van der Waals surface area contributed by atoms with Gasteiger partial charge in [0.25, 0.3) is 0 Å². The highest BCUT2D eigenvalue weighted by atomic mass is 16.2. The normalized spacial score (nSPS) is 9.27. The number of amides is 3. The van der Waals surface area contributed by atoms with E-state index in [0.717, 1.165) is 4.90 Å². The molecular formula is C8H16N4O3. The Hall–Kier alpha value is -1.63. The Balaban J connectivity index is 4.30. The third kappa shape index (κ3) is 4.41. The molecule has 0 heterocycles. The Morgan fingerprint density at radius 2 is 1.87 bits per heavy atom. The maximum atomic E-state index is 11.3. The van der Waals surface area contributed by atoms with E-state index in [1.165, 1.54) is 0 Å². The van der Waals surface area contributed by atoms with Crippen LogP contribution in [0.4, 0.5) is 0 Å². The lowest BCUT2D eigenvalue weighted by Gasteiger charge is -2.18. The Morgan fingerprint density at radius 1 is 1.27 bits per heavy atom. The van der Waals surface area contributed by atoms with Gasteiger partial charge in [-0.15, -0.1) is 0 Å². The minimum atomic E-state index is -0.929. The molecule has 7 heteroatoms. The lowest BCUT2D eigenvalue weighted by Crippen LogP contribution is -2.48. The van der Waals surface area contributed by atoms with Crippen LogP contribution in [-0.2, 0) is 14.4 Å². The van der Waals surface area contributed by atoms with E-state index < -0.39 is 11.8 Å². The Kier molecular flexibility index (Phi) is 6.03. The van der Waals surface area contributed by atoms with Crippen molar-refractivity contribution in [2.45, 2.75) is 13.8 Å². The third-order valence-corrected chi connectivity index (χ3v) is 1.70. The maximum absolute atomic E-state index is 11.3. The molecule has 0 radical (unpaired) electrons. The second-order valence-corrected chi connectivity index (χ2v) is 2.75. The fourth-order valence-electron chi connectivity index (χ4n) is 0.959. The van der Waals surface area contributed by atoms with Gasteiger partial charge < -0.3 is 10.2 Å². The molecule has 0 spiro atoms. The average Bonchev–Trinajstić information content (AvgIpc) is 2.24. The van der Waals surface area contributed by atoms with Gasteiger partial charge in [-0.05, 0) is 13.8 Å². The molecule has 0 aromatic rings. The van der Waals surface area contributed by atoms with Gasteiger partial charge in [-0.25, -0.2) is 5.84 Å². The van der Waals surface area contributed by atoms with Gasteiger partial charge in [-0.3, -0.25) is 19.8 Å². The molecule has 0 aliphatic rings. The summed E-state index contributed by atoms with van der Waals surface area (Å²) in [6, 6.07) is 0. The molecule has 0 unspecified atom stereocenters. The predicted octanol–water partition coefficient (Wildman–Crippen LogP) is -2.04. The molecule has 86 valence electrons. The molecule has 0 rings (SSSR count). The molecular weight excluding hydrogens is 200 g/mol. The summed E-state index contributed by atoms with van der Waals surface area (Å²) in [5, 5.41) is 2.53. The summed E-state index contributed by atoms with van der Waals surface area (Å²) in [4.78, 5) is 34.5. The molecule has 0 aliphatic carbocycles. The van der Waals surface area contributed by atoms with E-state index in [-0.39, 0.29) is 19.0 Å². The quantitative estimate of drug-likeness (QED) is 0.218. The minimum Gasteiger partial charge on any atom is -0.355 e. The smallest absolute Gasteiger partial charge is 0.323 e. The topological polar surface area (TPSA) is 105 Å². The van der Waals surface area contributed by atoms with Crippen molar-refractivity contribution in [3.8, 4) is 0 Å². The Bertz CT molecular complexity index is 254. The summed E-state index contributed by atoms with van der Waals surface area (Å²) in [5.41, 5.74) is 1.72. The number of hydrogen-bond donors (Lipinski definition) is 3. The molecule has 0 atom stereocenters. The third-order valence-electron chi connectivity index (χ3n) is 1.70. The Morgan fingerprint density at radius 3 is 2.27 bits per heavy atom. The monoisotopic (exact) mass is 216 g/mol. The van der Waals surface area contributed by atoms with Crippen LogP contribution in [-0.4, -0.2) is 42.3 Å². The van der Waals surface area contributed by atoms with E-state index in [1.807, 2.05) is 0 Å². The molecule has 0 saturated carbocycles. The fourth-order valence-corrected chi connectivity index (χ4v) is 0.959. The van der Waals surface area contributed by atoms with E-state index in [9.17, 15) is 14.4 Å². The van der Waals surface area contributed by atoms with E-state index in [1.54, 1.807) is 19.3 Å². The number of nitrogens with zero attached hydrogens (tertiary/aromatic N) is 1. The summed E-state index contributed by atoms with van der Waals surface area (Å²) in [7, 11) is 0. The molecule has 0 fully saturated rings. The molecule has 4 N–H and O–H groups in total. The van der Waals surface area contributed by atoms with Crippen LogP contribution in [0.5, 0.6) is 0 Å². The van der Waals surface area contributed by atoms with Crippen molar-refractivity contribution in [2.24, 2.45) is 5.84 Å². The van der Waals surface area contributed by atoms with Crippen molar-refractivity contribution in [3.63, 3.8) is 0 Å². The highest BCUT2D eigenvalue weighted by Crippen LogP contribution is 1.89. The van der Waals surface area contributed by atoms with Crippen LogP contribution in [0, 0.1) is 0 Å². The van der Waals surface area contributed by atoms with Crippen LogP contribution in [0.2, 0.25) is 0 Å². The largest absolute Gasteiger partial charge is 0.355 e. The van der Waals surface area contributed by atoms with Gasteiger partial charge in [-0.2, -0.15) is 0 Å². The first-order valence-corrected chi connectivity index (χ1v) is 4.63. The van der Waals surface area contributed by atoms with Gasteiger partial charge in [-0.1, -0.05) is 0 Å². The summed E-state index contributed by atoms with van der Waals surface area (Å²) < 4.78 is 0. The summed E-state index contributed by atoms with van der Waals surface area (Å²) in [6.45, 7) is 4.04. The van der Waals surface area contributed by atoms with Crippen molar-refractivity contribution in [1.29, 1.82) is 0 Å². The van der Waals surface area contributed by atoms with Crippen LogP contribution in [0.15, 0.2) is 0 Å². The zero-order valence-corrected chi connectivity index (χ0v) is 8.87. The van der Waals surface area contributed by atoms with Crippen LogP contribution < -0.4 is 16.6 Å². The summed E-state index contributed by atoms with van der Waals surface area (Å²) >= 11 is 0. The molecule has 0 aromatic heterocycles. The highest BCUT2D eigenvalue weighted by molar-refractivity contribution is 6.35. The van der Waals surface area contributed by atoms with Crippen molar-refractivity contribution >= 4 is 17.7 Å². The van der Waals surface area contributed by atoms with E-state index >= 15 is 0 Å². The zero-order valence-electron chi connectivity index (χ0n) is 8.87. The number of likely N-dealkylation sites (N-methyl/N-ethyl adjacent to an activating group) is 2. The van der Waals surface area contributed by atoms with Gasteiger partial charge in [0.15, 0.2) is 0 Å². The number of nitrogens with one attached hydrogen (secondary N) is 2. The molecule has 3 amide bonds. The fraction of sp³-hybridized carbons (Fsp3) is 0.625. The molecule has 0 aliphatic heterocycles. The van der Waals surface area contributed by atoms with E-state index in [4.69, 9.17) is 5.84 Å². The maximum Gasteiger partial charge on any atom is 0.323 e. The lowest BCUT2D eigenvalue weighted by molar-refractivity contribution is -0.147. The van der Waals surface area contributed by atoms with E-state index in [2.05, 4.69) is 5.32 Å². The number of carbonyl (C=O) groups is 3. The molecule has 7 nitrogen and oxygen atoms in total. The Labute approximate surface area is 87.9 Å². The number of hydrogen-bond acceptors (Lipinski definition) is 4. The first-order chi connectivity index (χ1) is 7.06. The second-order valence-electron chi connectivity index (χ2n) is 2.75. The second kappa shape index (κ2) is 6.77. The van der Waals surface area contributed by atoms with Crippen LogP contribution in [0.25, 0.3) is 0 Å². The van der Waals surface area contributed by atoms with Gasteiger partial charge >= 0.3 is 11.8 Å². The number of hydrazine groups is 1. The van der Waals surface area contributed by atoms with Gasteiger partial charge in [0.2, 0.25) is 5.91 Å². The minimum absolute atomic E-state index is 0.142. The van der Waals surface area contributed by atoms with E-state index in [0.29, 0.717) is 6.54 Å². The predicted molar refractivity (Wildman–Crippen MR) is 53.3 cm³/mol. The van der Waals surface area contributed by atoms with Crippen LogP contribution >= 0.6 is 0 Å². The first kappa shape index (κ1) is 13.4. The molecule has 15 heavy (non-hydrogen) atoms. The summed E-state index contributed by atoms with van der Waals surface area (Å²) in [5.74, 6) is 2.76. The molecule has 0 bridgehead atoms. The number of rotatable bonds is 4. The molecule has 0 saturated heterocycles. The average molecular weight is 216 g/mol. The molecule has 0 aromatic carbocycles. The van der Waals surface area contributed by atoms with Gasteiger partial charge in [0, 0.05) is 13.1 Å². The first-order valence-electron chi connectivity index (χ1n) is 4.63. The van der Waals surface area contributed by atoms with Crippen molar-refractivity contribution in [3.05, 3.63) is 0 Å². The van der Waals surface area contributed by atoms with Crippen LogP contribution in [0.1, 0.15) is 13.8 Å². The standard InChI is InChI=1S/C8H16N4O3/c1-3-10-6(13)5-12(4-2)8(15)7(14)11-9/h3-5,9H2,1-2H3,(H,10,13)(H,11,14). The van der Waals surface area contributed by atoms with Crippen molar-refractivity contribution in [1.82, 2.24) is 15.6 Å². The lowest BCUT2D eigenvalue weighted by atomic mass is 10.4. The van der Waals surface area contributed by atoms with Crippen LogP contribution in [0.3, 0.4) is 0 Å². The summed E-state index contributed by atoms with van der Waals surface area (Å²) in [6.07, 6.45) is 0. The highest BCUT2D eigenvalue weighted by Gasteiger charge is 2.21. The van der Waals surface area contributed by atoms with Gasteiger partial charge in [0.05, 0.1) is 6.54 Å². The SMILES string of the molecule is CCNC(=O)CN(CC)C(=O)C(=O)NN. The van der Waals surface area contributed by atoms with Crippen molar-refractivity contribution in [2.75, 3.05) is 19.6 Å². The van der Waals surface area contributed by atoms with Crippen molar-refractivity contribution < 1.29 is 14.4 Å².